The zero-order valence-corrected chi connectivity index (χ0v) is 20.7. The number of nitrogens with one attached hydrogen (secondary N) is 1. The highest BCUT2D eigenvalue weighted by Gasteiger charge is 2.41. The van der Waals surface area contributed by atoms with Gasteiger partial charge in [0.2, 0.25) is 0 Å². The van der Waals surface area contributed by atoms with Crippen LogP contribution in [0.15, 0.2) is 53.6 Å². The summed E-state index contributed by atoms with van der Waals surface area (Å²) in [6.45, 7) is 1.67. The van der Waals surface area contributed by atoms with Gasteiger partial charge in [-0.2, -0.15) is 9.61 Å². The average Bonchev–Trinajstić information content (AvgIpc) is 3.34. The Bertz CT molecular complexity index is 1490. The Morgan fingerprint density at radius 1 is 1.11 bits per heavy atom. The second-order valence-corrected chi connectivity index (χ2v) is 10.1. The minimum atomic E-state index is -0.480. The van der Waals surface area contributed by atoms with Gasteiger partial charge in [0.1, 0.15) is 11.3 Å². The van der Waals surface area contributed by atoms with Crippen LogP contribution in [0, 0.1) is 5.92 Å². The largest absolute Gasteiger partial charge is 0.339 e. The Morgan fingerprint density at radius 3 is 2.51 bits per heavy atom. The summed E-state index contributed by atoms with van der Waals surface area (Å²) in [6.07, 6.45) is 9.40. The van der Waals surface area contributed by atoms with Crippen LogP contribution in [0.2, 0.25) is 0 Å². The van der Waals surface area contributed by atoms with Gasteiger partial charge in [-0.3, -0.25) is 14.0 Å². The highest BCUT2D eigenvalue weighted by atomic mass is 19.1. The molecule has 2 aliphatic rings. The number of aromatic amines is 1. The number of fused-ring (bicyclic) bond motifs is 1. The van der Waals surface area contributed by atoms with Crippen LogP contribution < -0.4 is 5.56 Å². The molecule has 1 saturated heterocycles. The molecule has 190 valence electrons. The number of benzene rings is 1. The van der Waals surface area contributed by atoms with Gasteiger partial charge in [-0.05, 0) is 42.9 Å². The van der Waals surface area contributed by atoms with Crippen LogP contribution in [0.3, 0.4) is 0 Å². The smallest absolute Gasteiger partial charge is 0.274 e. The summed E-state index contributed by atoms with van der Waals surface area (Å²) in [7, 11) is 0. The van der Waals surface area contributed by atoms with Crippen molar-refractivity contribution in [3.63, 3.8) is 0 Å². The molecule has 1 saturated carbocycles. The Morgan fingerprint density at radius 2 is 1.84 bits per heavy atom. The first kappa shape index (κ1) is 23.5. The van der Waals surface area contributed by atoms with Crippen LogP contribution >= 0.6 is 0 Å². The van der Waals surface area contributed by atoms with Crippen LogP contribution in [0.1, 0.15) is 60.9 Å². The predicted octanol–water partition coefficient (Wildman–Crippen LogP) is 4.62. The molecule has 3 aromatic heterocycles. The van der Waals surface area contributed by atoms with Crippen molar-refractivity contribution in [1.82, 2.24) is 29.5 Å². The number of nitrogens with zero attached hydrogens (tertiary/aromatic N) is 5. The van der Waals surface area contributed by atoms with Gasteiger partial charge in [0.05, 0.1) is 12.4 Å². The van der Waals surface area contributed by atoms with Crippen molar-refractivity contribution in [1.29, 1.82) is 0 Å². The molecular formula is C28H29FN6O2. The second-order valence-electron chi connectivity index (χ2n) is 10.1. The van der Waals surface area contributed by atoms with E-state index in [1.807, 2.05) is 19.1 Å². The molecule has 1 aromatic carbocycles. The molecule has 2 fully saturated rings. The zero-order valence-electron chi connectivity index (χ0n) is 20.7. The zero-order chi connectivity index (χ0) is 25.5. The van der Waals surface area contributed by atoms with Crippen molar-refractivity contribution in [3.8, 4) is 22.8 Å². The van der Waals surface area contributed by atoms with Gasteiger partial charge in [0.25, 0.3) is 11.5 Å². The van der Waals surface area contributed by atoms with E-state index in [0.29, 0.717) is 18.2 Å². The van der Waals surface area contributed by atoms with E-state index in [4.69, 9.17) is 0 Å². The fourth-order valence-corrected chi connectivity index (χ4v) is 5.63. The normalized spacial score (nSPS) is 20.2. The van der Waals surface area contributed by atoms with E-state index in [1.165, 1.54) is 48.2 Å². The minimum Gasteiger partial charge on any atom is -0.339 e. The van der Waals surface area contributed by atoms with Crippen molar-refractivity contribution in [3.05, 3.63) is 70.3 Å². The third kappa shape index (κ3) is 4.12. The molecule has 8 nitrogen and oxygen atoms in total. The third-order valence-electron chi connectivity index (χ3n) is 7.97. The number of carbonyl (C=O) groups excluding carboxylic acids is 1. The number of carbonyl (C=O) groups is 1. The summed E-state index contributed by atoms with van der Waals surface area (Å²) in [4.78, 5) is 40.3. The number of hydrogen-bond acceptors (Lipinski definition) is 5. The van der Waals surface area contributed by atoms with Crippen molar-refractivity contribution >= 4 is 11.6 Å². The molecule has 4 heterocycles. The topological polar surface area (TPSA) is 96.2 Å². The van der Waals surface area contributed by atoms with Crippen LogP contribution in [-0.2, 0) is 0 Å². The van der Waals surface area contributed by atoms with Gasteiger partial charge in [0.15, 0.2) is 11.5 Å². The fourth-order valence-electron chi connectivity index (χ4n) is 5.63. The molecule has 0 bridgehead atoms. The number of likely N-dealkylation sites (tertiary alicyclic amines) is 1. The van der Waals surface area contributed by atoms with E-state index in [9.17, 15) is 14.0 Å². The summed E-state index contributed by atoms with van der Waals surface area (Å²) >= 11 is 0. The number of halogens is 1. The number of alkyl halides is 1. The van der Waals surface area contributed by atoms with Crippen molar-refractivity contribution < 1.29 is 9.18 Å². The molecule has 37 heavy (non-hydrogen) atoms. The Labute approximate surface area is 213 Å². The lowest BCUT2D eigenvalue weighted by Gasteiger charge is -2.45. The number of amides is 1. The number of hydrogen-bond donors (Lipinski definition) is 1. The molecule has 4 aromatic rings. The lowest BCUT2D eigenvalue weighted by atomic mass is 9.84. The molecule has 2 atom stereocenters. The first-order valence-electron chi connectivity index (χ1n) is 13.0. The molecule has 0 spiro atoms. The van der Waals surface area contributed by atoms with Gasteiger partial charge in [-0.1, -0.05) is 43.5 Å². The molecule has 1 N–H and O–H groups in total. The van der Waals surface area contributed by atoms with Gasteiger partial charge in [0, 0.05) is 37.0 Å². The predicted molar refractivity (Wildman–Crippen MR) is 138 cm³/mol. The minimum absolute atomic E-state index is 0.195. The van der Waals surface area contributed by atoms with Crippen LogP contribution in [0.4, 0.5) is 4.39 Å². The number of H-pyrrole nitrogens is 1. The second kappa shape index (κ2) is 9.53. The number of rotatable bonds is 5. The molecule has 1 aliphatic carbocycles. The average molecular weight is 501 g/mol. The van der Waals surface area contributed by atoms with Gasteiger partial charge >= 0.3 is 0 Å². The van der Waals surface area contributed by atoms with E-state index in [2.05, 4.69) is 32.2 Å². The highest BCUT2D eigenvalue weighted by Crippen LogP contribution is 2.34. The first-order chi connectivity index (χ1) is 18.0. The van der Waals surface area contributed by atoms with Crippen LogP contribution in [-0.4, -0.2) is 54.6 Å². The molecule has 9 heteroatoms. The Hall–Kier alpha value is -3.88. The van der Waals surface area contributed by atoms with Gasteiger partial charge < -0.3 is 9.88 Å². The maximum atomic E-state index is 13.7. The lowest BCUT2D eigenvalue weighted by molar-refractivity contribution is 0.0142. The van der Waals surface area contributed by atoms with Crippen LogP contribution in [0.25, 0.3) is 28.4 Å². The standard InChI is InChI=1S/C28H29FN6O2/c1-17-21(15-29)16-34(17)28(37)24-25(26-30-12-5-13-31-26)33-35-23(36)14-22(32-27(24)35)20-10-8-19(9-11-20)18-6-3-2-4-7-18/h5,8-14,17-18,21,32H,2-4,6-7,15-16H2,1H3/t17-,21-/m0/s1. The quantitative estimate of drug-likeness (QED) is 0.431. The van der Waals surface area contributed by atoms with E-state index >= 15 is 0 Å². The molecule has 1 amide bonds. The number of aromatic nitrogens is 5. The Balaban J connectivity index is 1.44. The first-order valence-corrected chi connectivity index (χ1v) is 13.0. The Kier molecular flexibility index (Phi) is 6.06. The fraction of sp³-hybridized carbons (Fsp3) is 0.393. The SMILES string of the molecule is C[C@H]1[C@@H](CF)CN1C(=O)c1c(-c2ncccn2)nn2c(=O)cc(-c3ccc(C4CCCCC4)cc3)[nH]c12. The highest BCUT2D eigenvalue weighted by molar-refractivity contribution is 6.05. The van der Waals surface area contributed by atoms with E-state index in [1.54, 1.807) is 23.4 Å². The monoisotopic (exact) mass is 500 g/mol. The maximum absolute atomic E-state index is 13.7. The van der Waals surface area contributed by atoms with Gasteiger partial charge in [-0.15, -0.1) is 0 Å². The molecule has 6 rings (SSSR count). The third-order valence-corrected chi connectivity index (χ3v) is 7.97. The van der Waals surface area contributed by atoms with E-state index in [-0.39, 0.29) is 46.2 Å². The van der Waals surface area contributed by atoms with Crippen molar-refractivity contribution in [2.24, 2.45) is 5.92 Å². The summed E-state index contributed by atoms with van der Waals surface area (Å²) in [6, 6.07) is 11.2. The summed E-state index contributed by atoms with van der Waals surface area (Å²) < 4.78 is 14.5. The van der Waals surface area contributed by atoms with E-state index in [0.717, 1.165) is 5.56 Å². The molecule has 1 aliphatic heterocycles. The lowest BCUT2D eigenvalue weighted by Crippen LogP contribution is -2.58. The van der Waals surface area contributed by atoms with Crippen molar-refractivity contribution in [2.75, 3.05) is 13.2 Å². The van der Waals surface area contributed by atoms with Crippen LogP contribution in [0.5, 0.6) is 0 Å². The molecule has 0 unspecified atom stereocenters. The summed E-state index contributed by atoms with van der Waals surface area (Å²) in [5.41, 5.74) is 3.13. The maximum Gasteiger partial charge on any atom is 0.274 e. The summed E-state index contributed by atoms with van der Waals surface area (Å²) in [5.74, 6) is 0.314. The molecule has 0 radical (unpaired) electrons. The van der Waals surface area contributed by atoms with Gasteiger partial charge in [-0.25, -0.2) is 9.97 Å². The van der Waals surface area contributed by atoms with E-state index < -0.39 is 6.67 Å². The summed E-state index contributed by atoms with van der Waals surface area (Å²) in [5, 5.41) is 4.44. The molecular weight excluding hydrogens is 471 g/mol. The van der Waals surface area contributed by atoms with Crippen molar-refractivity contribution in [2.45, 2.75) is 51.0 Å².